The van der Waals surface area contributed by atoms with Gasteiger partial charge in [-0.2, -0.15) is 0 Å². The van der Waals surface area contributed by atoms with Crippen LogP contribution in [-0.2, 0) is 21.9 Å². The third-order valence-corrected chi connectivity index (χ3v) is 3.05. The topological polar surface area (TPSA) is 26.3 Å². The Balaban J connectivity index is 0.000000377. The molecule has 2 aliphatic carbocycles. The first-order valence-corrected chi connectivity index (χ1v) is 7.04. The van der Waals surface area contributed by atoms with E-state index in [1.807, 2.05) is 67.5 Å². The van der Waals surface area contributed by atoms with E-state index in [0.29, 0.717) is 0 Å². The van der Waals surface area contributed by atoms with Crippen molar-refractivity contribution in [1.29, 1.82) is 0 Å². The van der Waals surface area contributed by atoms with Crippen molar-refractivity contribution in [2.45, 2.75) is 0 Å². The molecule has 2 nitrogen and oxygen atoms in total. The van der Waals surface area contributed by atoms with E-state index in [9.17, 15) is 4.79 Å². The second kappa shape index (κ2) is 10.6. The first-order valence-electron chi connectivity index (χ1n) is 7.04. The van der Waals surface area contributed by atoms with Crippen LogP contribution in [0.4, 0.5) is 0 Å². The average Bonchev–Trinajstić information content (AvgIpc) is 3.28. The summed E-state index contributed by atoms with van der Waals surface area (Å²) in [5, 5.41) is 0. The van der Waals surface area contributed by atoms with Crippen LogP contribution in [0.25, 0.3) is 6.08 Å². The molecular weight excluding hydrogens is 328 g/mol. The molecule has 0 unspecified atom stereocenters. The molecule has 0 saturated heterocycles. The number of carbonyl (C=O) groups is 1. The minimum atomic E-state index is 0. The number of hydrogen-bond donors (Lipinski definition) is 0. The summed E-state index contributed by atoms with van der Waals surface area (Å²) in [6.45, 7) is 0. The number of allylic oxidation sites excluding steroid dienone is 9. The van der Waals surface area contributed by atoms with Crippen molar-refractivity contribution in [1.82, 2.24) is 0 Å². The van der Waals surface area contributed by atoms with Crippen molar-refractivity contribution in [3.05, 3.63) is 96.9 Å². The normalized spacial score (nSPS) is 14.2. The smallest absolute Gasteiger partial charge is 0.185 e. The Morgan fingerprint density at radius 3 is 2.13 bits per heavy atom. The molecule has 0 aromatic heterocycles. The number of methoxy groups -OCH3 is 1. The third kappa shape index (κ3) is 6.68. The van der Waals surface area contributed by atoms with E-state index in [-0.39, 0.29) is 22.9 Å². The van der Waals surface area contributed by atoms with Crippen molar-refractivity contribution in [2.24, 2.45) is 0 Å². The molecule has 0 spiro atoms. The van der Waals surface area contributed by atoms with Gasteiger partial charge >= 0.3 is 0 Å². The van der Waals surface area contributed by atoms with Crippen LogP contribution in [0.1, 0.15) is 5.56 Å². The quantitative estimate of drug-likeness (QED) is 0.600. The molecule has 0 heterocycles. The van der Waals surface area contributed by atoms with Gasteiger partial charge in [-0.05, 0) is 23.8 Å². The molecule has 0 amide bonds. The minimum absolute atomic E-state index is 0. The fourth-order valence-corrected chi connectivity index (χ4v) is 1.84. The van der Waals surface area contributed by atoms with Crippen molar-refractivity contribution < 1.29 is 26.6 Å². The molecule has 118 valence electrons. The van der Waals surface area contributed by atoms with Gasteiger partial charge in [-0.25, -0.2) is 0 Å². The zero-order valence-corrected chi connectivity index (χ0v) is 13.9. The van der Waals surface area contributed by atoms with Gasteiger partial charge in [-0.3, -0.25) is 4.79 Å². The van der Waals surface area contributed by atoms with Gasteiger partial charge in [0.15, 0.2) is 5.78 Å². The van der Waals surface area contributed by atoms with Crippen LogP contribution in [0.2, 0.25) is 0 Å². The summed E-state index contributed by atoms with van der Waals surface area (Å²) in [4.78, 5) is 11.7. The van der Waals surface area contributed by atoms with Crippen LogP contribution in [0.5, 0.6) is 5.75 Å². The van der Waals surface area contributed by atoms with E-state index >= 15 is 0 Å². The fourth-order valence-electron chi connectivity index (χ4n) is 1.84. The van der Waals surface area contributed by atoms with Gasteiger partial charge in [0.05, 0.1) is 7.11 Å². The molecule has 2 radical (unpaired) electrons. The van der Waals surface area contributed by atoms with Crippen molar-refractivity contribution in [2.75, 3.05) is 7.11 Å². The van der Waals surface area contributed by atoms with E-state index in [0.717, 1.165) is 16.9 Å². The number of ether oxygens (including phenoxy) is 1. The molecule has 23 heavy (non-hydrogen) atoms. The standard InChI is InChI=1S/C15H13O2.C5H5.Fe/c1-17-14-9-6-12(7-10-14)8-11-15(16)13-4-2-3-5-13;1-2-4-5-3-1;/h2-11H,1H3;1-5H;/b11-8+;;. The average molecular weight is 346 g/mol. The van der Waals surface area contributed by atoms with Crippen LogP contribution >= 0.6 is 0 Å². The van der Waals surface area contributed by atoms with Crippen LogP contribution < -0.4 is 4.74 Å². The van der Waals surface area contributed by atoms with E-state index in [1.54, 1.807) is 31.4 Å². The third-order valence-electron chi connectivity index (χ3n) is 3.05. The maximum absolute atomic E-state index is 11.7. The zero-order chi connectivity index (χ0) is 15.6. The van der Waals surface area contributed by atoms with Gasteiger partial charge in [0, 0.05) is 35.5 Å². The number of rotatable bonds is 4. The monoisotopic (exact) mass is 346 g/mol. The van der Waals surface area contributed by atoms with E-state index in [4.69, 9.17) is 4.74 Å². The molecule has 0 saturated carbocycles. The summed E-state index contributed by atoms with van der Waals surface area (Å²) in [7, 11) is 1.63. The van der Waals surface area contributed by atoms with Gasteiger partial charge in [0.25, 0.3) is 0 Å². The van der Waals surface area contributed by atoms with E-state index in [2.05, 4.69) is 0 Å². The molecule has 0 fully saturated rings. The molecule has 0 bridgehead atoms. The van der Waals surface area contributed by atoms with Crippen molar-refractivity contribution in [3.63, 3.8) is 0 Å². The Labute approximate surface area is 148 Å². The summed E-state index contributed by atoms with van der Waals surface area (Å²) in [5.41, 5.74) is 1.69. The Bertz CT molecular complexity index is 637. The Hall–Kier alpha value is -2.09. The molecule has 3 heteroatoms. The van der Waals surface area contributed by atoms with Gasteiger partial charge in [0.2, 0.25) is 0 Å². The predicted octanol–water partition coefficient (Wildman–Crippen LogP) is 4.29. The van der Waals surface area contributed by atoms with E-state index in [1.165, 1.54) is 0 Å². The number of carbonyl (C=O) groups excluding carboxylic acids is 1. The largest absolute Gasteiger partial charge is 0.497 e. The van der Waals surface area contributed by atoms with Gasteiger partial charge in [-0.15, -0.1) is 0 Å². The van der Waals surface area contributed by atoms with Gasteiger partial charge in [-0.1, -0.05) is 60.7 Å². The van der Waals surface area contributed by atoms with E-state index < -0.39 is 0 Å². The second-order valence-corrected chi connectivity index (χ2v) is 4.61. The molecule has 0 atom stereocenters. The maximum Gasteiger partial charge on any atom is 0.185 e. The summed E-state index contributed by atoms with van der Waals surface area (Å²) in [6.07, 6.45) is 20.7. The Morgan fingerprint density at radius 2 is 1.65 bits per heavy atom. The molecule has 2 aliphatic rings. The minimum Gasteiger partial charge on any atom is -0.497 e. The predicted molar refractivity (Wildman–Crippen MR) is 91.1 cm³/mol. The van der Waals surface area contributed by atoms with Crippen molar-refractivity contribution >= 4 is 11.9 Å². The first kappa shape index (κ1) is 19.0. The molecule has 3 rings (SSSR count). The van der Waals surface area contributed by atoms with Gasteiger partial charge < -0.3 is 4.74 Å². The Kier molecular flexibility index (Phi) is 8.74. The number of benzene rings is 1. The first-order chi connectivity index (χ1) is 10.8. The summed E-state index contributed by atoms with van der Waals surface area (Å²) >= 11 is 0. The molecule has 0 aliphatic heterocycles. The Morgan fingerprint density at radius 1 is 0.957 bits per heavy atom. The van der Waals surface area contributed by atoms with Crippen LogP contribution in [0.15, 0.2) is 78.4 Å². The summed E-state index contributed by atoms with van der Waals surface area (Å²) in [5.74, 6) is 0.829. The summed E-state index contributed by atoms with van der Waals surface area (Å²) < 4.78 is 5.06. The fraction of sp³-hybridized carbons (Fsp3) is 0.0500. The zero-order valence-electron chi connectivity index (χ0n) is 12.8. The molecule has 1 aromatic rings. The van der Waals surface area contributed by atoms with Crippen LogP contribution in [-0.4, -0.2) is 12.9 Å². The molecule has 1 aromatic carbocycles. The summed E-state index contributed by atoms with van der Waals surface area (Å²) in [6, 6.07) is 7.56. The SMILES string of the molecule is COc1ccc(/C=C/C(=O)C2=C[CH]C=C2)cc1.[CH]1C=CC=C1.[Fe]. The van der Waals surface area contributed by atoms with Gasteiger partial charge in [0.1, 0.15) is 5.75 Å². The van der Waals surface area contributed by atoms with Crippen molar-refractivity contribution in [3.8, 4) is 5.75 Å². The van der Waals surface area contributed by atoms with Crippen LogP contribution in [0, 0.1) is 12.8 Å². The molecular formula is C20H18FeO2. The number of ketones is 1. The molecule has 0 N–H and O–H groups in total. The number of hydrogen-bond acceptors (Lipinski definition) is 2. The maximum atomic E-state index is 11.7. The second-order valence-electron chi connectivity index (χ2n) is 4.61. The van der Waals surface area contributed by atoms with Crippen LogP contribution in [0.3, 0.4) is 0 Å².